The van der Waals surface area contributed by atoms with E-state index in [2.05, 4.69) is 10.6 Å². The first-order chi connectivity index (χ1) is 11.5. The van der Waals surface area contributed by atoms with E-state index in [9.17, 15) is 9.59 Å². The van der Waals surface area contributed by atoms with Crippen molar-refractivity contribution in [3.8, 4) is 0 Å². The zero-order valence-corrected chi connectivity index (χ0v) is 14.6. The third kappa shape index (κ3) is 3.80. The number of aryl methyl sites for hydroxylation is 2. The van der Waals surface area contributed by atoms with Crippen molar-refractivity contribution in [2.45, 2.75) is 45.6 Å². The van der Waals surface area contributed by atoms with Crippen molar-refractivity contribution >= 4 is 11.8 Å². The highest BCUT2D eigenvalue weighted by atomic mass is 16.3. The molecular weight excluding hydrogens is 306 g/mol. The maximum absolute atomic E-state index is 12.7. The normalized spacial score (nSPS) is 24.2. The largest absolute Gasteiger partial charge is 0.466 e. The second kappa shape index (κ2) is 7.38. The molecule has 1 aromatic heterocycles. The van der Waals surface area contributed by atoms with Crippen LogP contribution in [0, 0.1) is 19.8 Å². The van der Waals surface area contributed by atoms with Gasteiger partial charge in [-0.3, -0.25) is 9.59 Å². The lowest BCUT2D eigenvalue weighted by Crippen LogP contribution is -2.46. The molecule has 6 nitrogen and oxygen atoms in total. The highest BCUT2D eigenvalue weighted by molar-refractivity contribution is 5.95. The summed E-state index contributed by atoms with van der Waals surface area (Å²) in [6, 6.07) is 1.78. The quantitative estimate of drug-likeness (QED) is 0.878. The maximum atomic E-state index is 12.7. The van der Waals surface area contributed by atoms with E-state index < -0.39 is 0 Å². The first kappa shape index (κ1) is 17.0. The maximum Gasteiger partial charge on any atom is 0.257 e. The number of hydrogen-bond acceptors (Lipinski definition) is 4. The number of carbonyl (C=O) groups is 2. The van der Waals surface area contributed by atoms with Crippen molar-refractivity contribution in [1.82, 2.24) is 15.5 Å². The van der Waals surface area contributed by atoms with E-state index in [1.807, 2.05) is 24.8 Å². The predicted octanol–water partition coefficient (Wildman–Crippen LogP) is 1.62. The summed E-state index contributed by atoms with van der Waals surface area (Å²) in [7, 11) is 0. The Morgan fingerprint density at radius 3 is 2.83 bits per heavy atom. The molecule has 0 bridgehead atoms. The Labute approximate surface area is 143 Å². The standard InChI is InChI=1S/C18H27N3O3/c1-12-9-15(13(2)24-12)18(23)21-8-4-5-14(11-21)10-20-17(22)16-6-3-7-19-16/h9,14,16,19H,3-8,10-11H2,1-2H3,(H,20,22)/t14-,16+/m1/s1. The number of rotatable bonds is 4. The van der Waals surface area contributed by atoms with Gasteiger partial charge in [-0.2, -0.15) is 0 Å². The van der Waals surface area contributed by atoms with Gasteiger partial charge < -0.3 is 20.0 Å². The van der Waals surface area contributed by atoms with E-state index in [0.29, 0.717) is 30.3 Å². The third-order valence-electron chi connectivity index (χ3n) is 5.02. The third-order valence-corrected chi connectivity index (χ3v) is 5.02. The average molecular weight is 333 g/mol. The molecule has 3 heterocycles. The first-order valence-electron chi connectivity index (χ1n) is 8.92. The van der Waals surface area contributed by atoms with Gasteiger partial charge in [0.05, 0.1) is 11.6 Å². The second-order valence-electron chi connectivity index (χ2n) is 6.98. The zero-order valence-electron chi connectivity index (χ0n) is 14.6. The Morgan fingerprint density at radius 2 is 2.17 bits per heavy atom. The zero-order chi connectivity index (χ0) is 17.1. The number of hydrogen-bond donors (Lipinski definition) is 2. The first-order valence-corrected chi connectivity index (χ1v) is 8.92. The van der Waals surface area contributed by atoms with Crippen LogP contribution in [0.3, 0.4) is 0 Å². The molecule has 2 fully saturated rings. The van der Waals surface area contributed by atoms with Gasteiger partial charge in [0.2, 0.25) is 5.91 Å². The summed E-state index contributed by atoms with van der Waals surface area (Å²) in [4.78, 5) is 26.7. The summed E-state index contributed by atoms with van der Waals surface area (Å²) < 4.78 is 5.48. The minimum atomic E-state index is -0.0390. The molecule has 0 saturated carbocycles. The van der Waals surface area contributed by atoms with Gasteiger partial charge in [-0.15, -0.1) is 0 Å². The molecule has 132 valence electrons. The topological polar surface area (TPSA) is 74.6 Å². The number of furan rings is 1. The number of nitrogens with zero attached hydrogens (tertiary/aromatic N) is 1. The van der Waals surface area contributed by atoms with Crippen LogP contribution in [0.2, 0.25) is 0 Å². The van der Waals surface area contributed by atoms with E-state index in [0.717, 1.165) is 44.5 Å². The molecule has 2 saturated heterocycles. The van der Waals surface area contributed by atoms with E-state index in [1.54, 1.807) is 0 Å². The monoisotopic (exact) mass is 333 g/mol. The smallest absolute Gasteiger partial charge is 0.257 e. The lowest BCUT2D eigenvalue weighted by Gasteiger charge is -2.33. The molecule has 0 unspecified atom stereocenters. The van der Waals surface area contributed by atoms with Crippen LogP contribution >= 0.6 is 0 Å². The molecule has 24 heavy (non-hydrogen) atoms. The van der Waals surface area contributed by atoms with Gasteiger partial charge in [0.25, 0.3) is 5.91 Å². The van der Waals surface area contributed by atoms with Crippen molar-refractivity contribution in [2.24, 2.45) is 5.92 Å². The van der Waals surface area contributed by atoms with E-state index in [1.165, 1.54) is 0 Å². The summed E-state index contributed by atoms with van der Waals surface area (Å²) in [6.07, 6.45) is 4.00. The van der Waals surface area contributed by atoms with Crippen LogP contribution in [0.15, 0.2) is 10.5 Å². The van der Waals surface area contributed by atoms with Crippen LogP contribution < -0.4 is 10.6 Å². The Hall–Kier alpha value is -1.82. The van der Waals surface area contributed by atoms with Gasteiger partial charge in [-0.1, -0.05) is 0 Å². The van der Waals surface area contributed by atoms with Gasteiger partial charge in [0.15, 0.2) is 0 Å². The average Bonchev–Trinajstić information content (AvgIpc) is 3.22. The summed E-state index contributed by atoms with van der Waals surface area (Å²) >= 11 is 0. The molecule has 2 aliphatic heterocycles. The van der Waals surface area contributed by atoms with Gasteiger partial charge >= 0.3 is 0 Å². The molecule has 2 aliphatic rings. The minimum Gasteiger partial charge on any atom is -0.466 e. The van der Waals surface area contributed by atoms with Crippen molar-refractivity contribution in [1.29, 1.82) is 0 Å². The number of amides is 2. The fourth-order valence-corrected chi connectivity index (χ4v) is 3.71. The highest BCUT2D eigenvalue weighted by Crippen LogP contribution is 2.21. The van der Waals surface area contributed by atoms with Crippen LogP contribution in [-0.4, -0.2) is 48.9 Å². The summed E-state index contributed by atoms with van der Waals surface area (Å²) in [5.74, 6) is 1.90. The lowest BCUT2D eigenvalue weighted by molar-refractivity contribution is -0.123. The van der Waals surface area contributed by atoms with Crippen LogP contribution in [0.4, 0.5) is 0 Å². The van der Waals surface area contributed by atoms with Crippen molar-refractivity contribution < 1.29 is 14.0 Å². The van der Waals surface area contributed by atoms with Crippen LogP contribution in [0.5, 0.6) is 0 Å². The van der Waals surface area contributed by atoms with Gasteiger partial charge in [0, 0.05) is 19.6 Å². The fourth-order valence-electron chi connectivity index (χ4n) is 3.71. The lowest BCUT2D eigenvalue weighted by atomic mass is 9.97. The molecule has 0 spiro atoms. The SMILES string of the molecule is Cc1cc(C(=O)N2CCC[C@H](CNC(=O)[C@@H]3CCCN3)C2)c(C)o1. The molecule has 2 atom stereocenters. The molecule has 1 aromatic rings. The minimum absolute atomic E-state index is 0.0390. The van der Waals surface area contributed by atoms with Crippen LogP contribution in [0.25, 0.3) is 0 Å². The van der Waals surface area contributed by atoms with Gasteiger partial charge in [-0.25, -0.2) is 0 Å². The Morgan fingerprint density at radius 1 is 1.33 bits per heavy atom. The van der Waals surface area contributed by atoms with Gasteiger partial charge in [0.1, 0.15) is 11.5 Å². The molecule has 0 radical (unpaired) electrons. The Balaban J connectivity index is 1.53. The Bertz CT molecular complexity index is 605. The molecule has 6 heteroatoms. The number of carbonyl (C=O) groups excluding carboxylic acids is 2. The molecule has 0 aromatic carbocycles. The molecular formula is C18H27N3O3. The molecule has 3 rings (SSSR count). The van der Waals surface area contributed by atoms with Crippen LogP contribution in [0.1, 0.15) is 47.6 Å². The molecule has 0 aliphatic carbocycles. The van der Waals surface area contributed by atoms with Crippen LogP contribution in [-0.2, 0) is 4.79 Å². The summed E-state index contributed by atoms with van der Waals surface area (Å²) in [5.41, 5.74) is 0.660. The van der Waals surface area contributed by atoms with Gasteiger partial charge in [-0.05, 0) is 58.1 Å². The molecule has 2 amide bonds. The van der Waals surface area contributed by atoms with E-state index in [-0.39, 0.29) is 17.9 Å². The number of nitrogens with one attached hydrogen (secondary N) is 2. The van der Waals surface area contributed by atoms with E-state index >= 15 is 0 Å². The fraction of sp³-hybridized carbons (Fsp3) is 0.667. The van der Waals surface area contributed by atoms with Crippen molar-refractivity contribution in [3.63, 3.8) is 0 Å². The summed E-state index contributed by atoms with van der Waals surface area (Å²) in [5, 5.41) is 6.27. The molecule has 2 N–H and O–H groups in total. The highest BCUT2D eigenvalue weighted by Gasteiger charge is 2.28. The van der Waals surface area contributed by atoms with Crippen molar-refractivity contribution in [2.75, 3.05) is 26.2 Å². The van der Waals surface area contributed by atoms with E-state index in [4.69, 9.17) is 4.42 Å². The second-order valence-corrected chi connectivity index (χ2v) is 6.98. The summed E-state index contributed by atoms with van der Waals surface area (Å²) in [6.45, 7) is 6.72. The predicted molar refractivity (Wildman–Crippen MR) is 90.8 cm³/mol. The number of piperidine rings is 1. The van der Waals surface area contributed by atoms with Crippen molar-refractivity contribution in [3.05, 3.63) is 23.2 Å². The number of likely N-dealkylation sites (tertiary alicyclic amines) is 1. The Kier molecular flexibility index (Phi) is 5.23.